The molecule has 2 heterocycles. The van der Waals surface area contributed by atoms with Crippen molar-refractivity contribution in [2.75, 3.05) is 6.61 Å². The fourth-order valence-corrected chi connectivity index (χ4v) is 3.62. The van der Waals surface area contributed by atoms with E-state index >= 15 is 0 Å². The van der Waals surface area contributed by atoms with Crippen molar-refractivity contribution in [1.82, 2.24) is 9.55 Å². The minimum atomic E-state index is -0.182. The average molecular weight is 386 g/mol. The second-order valence-electron chi connectivity index (χ2n) is 4.21. The van der Waals surface area contributed by atoms with Gasteiger partial charge in [-0.05, 0) is 47.1 Å². The van der Waals surface area contributed by atoms with Crippen molar-refractivity contribution < 1.29 is 4.74 Å². The van der Waals surface area contributed by atoms with Gasteiger partial charge in [-0.25, -0.2) is 0 Å². The molecule has 0 saturated carbocycles. The summed E-state index contributed by atoms with van der Waals surface area (Å²) in [7, 11) is 0. The molecule has 0 radical (unpaired) electrons. The van der Waals surface area contributed by atoms with Crippen LogP contribution in [0.1, 0.15) is 6.92 Å². The number of benzene rings is 1. The van der Waals surface area contributed by atoms with Gasteiger partial charge >= 0.3 is 0 Å². The number of thiazole rings is 1. The fraction of sp³-hybridized carbons (Fsp3) is 0.143. The minimum Gasteiger partial charge on any atom is -0.470 e. The molecule has 0 amide bonds. The maximum Gasteiger partial charge on any atom is 0.275 e. The first-order valence-corrected chi connectivity index (χ1v) is 8.19. The van der Waals surface area contributed by atoms with Crippen LogP contribution >= 0.6 is 38.9 Å². The van der Waals surface area contributed by atoms with Gasteiger partial charge < -0.3 is 4.74 Å². The Hall–Kier alpha value is -1.37. The second kappa shape index (κ2) is 5.79. The van der Waals surface area contributed by atoms with Crippen molar-refractivity contribution >= 4 is 49.2 Å². The minimum absolute atomic E-state index is 0.182. The lowest BCUT2D eigenvalue weighted by atomic mass is 10.3. The summed E-state index contributed by atoms with van der Waals surface area (Å²) in [6, 6.07) is 8.87. The number of halogens is 2. The van der Waals surface area contributed by atoms with E-state index in [0.29, 0.717) is 32.6 Å². The van der Waals surface area contributed by atoms with E-state index in [9.17, 15) is 4.79 Å². The van der Waals surface area contributed by atoms with Gasteiger partial charge in [0.05, 0.1) is 21.5 Å². The molecule has 3 aromatic rings. The summed E-state index contributed by atoms with van der Waals surface area (Å²) >= 11 is 10.7. The van der Waals surface area contributed by atoms with E-state index in [1.165, 1.54) is 15.9 Å². The quantitative estimate of drug-likeness (QED) is 0.676. The highest BCUT2D eigenvalue weighted by molar-refractivity contribution is 9.10. The highest BCUT2D eigenvalue weighted by Gasteiger charge is 2.15. The van der Waals surface area contributed by atoms with Gasteiger partial charge in [-0.3, -0.25) is 9.36 Å². The van der Waals surface area contributed by atoms with Gasteiger partial charge in [-0.2, -0.15) is 4.98 Å². The molecule has 21 heavy (non-hydrogen) atoms. The summed E-state index contributed by atoms with van der Waals surface area (Å²) in [4.78, 5) is 16.9. The first-order valence-electron chi connectivity index (χ1n) is 6.21. The lowest BCUT2D eigenvalue weighted by Crippen LogP contribution is -2.19. The molecule has 0 aliphatic carbocycles. The topological polar surface area (TPSA) is 44.1 Å². The maximum absolute atomic E-state index is 12.5. The largest absolute Gasteiger partial charge is 0.470 e. The van der Waals surface area contributed by atoms with Crippen molar-refractivity contribution in [3.63, 3.8) is 0 Å². The summed E-state index contributed by atoms with van der Waals surface area (Å²) in [5.74, 6) is 0. The van der Waals surface area contributed by atoms with Gasteiger partial charge in [-0.15, -0.1) is 0 Å². The Bertz CT molecular complexity index is 875. The Kier molecular flexibility index (Phi) is 4.01. The van der Waals surface area contributed by atoms with Crippen molar-refractivity contribution in [2.24, 2.45) is 0 Å². The number of hydrogen-bond acceptors (Lipinski definition) is 4. The van der Waals surface area contributed by atoms with Gasteiger partial charge in [0.2, 0.25) is 0 Å². The summed E-state index contributed by atoms with van der Waals surface area (Å²) < 4.78 is 8.31. The third-order valence-corrected chi connectivity index (χ3v) is 4.53. The molecule has 0 spiro atoms. The predicted octanol–water partition coefficient (Wildman–Crippen LogP) is 4.26. The fourth-order valence-electron chi connectivity index (χ4n) is 1.98. The monoisotopic (exact) mass is 384 g/mol. The molecule has 0 unspecified atom stereocenters. The van der Waals surface area contributed by atoms with Gasteiger partial charge in [0.25, 0.3) is 10.8 Å². The normalized spacial score (nSPS) is 11.0. The van der Waals surface area contributed by atoms with Crippen molar-refractivity contribution in [3.05, 3.63) is 50.2 Å². The zero-order valence-electron chi connectivity index (χ0n) is 11.0. The number of rotatable bonds is 3. The van der Waals surface area contributed by atoms with Crippen LogP contribution in [0.15, 0.2) is 39.6 Å². The smallest absolute Gasteiger partial charge is 0.275 e. The number of nitrogens with zero attached hydrogens (tertiary/aromatic N) is 2. The van der Waals surface area contributed by atoms with E-state index in [0.717, 1.165) is 4.70 Å². The van der Waals surface area contributed by atoms with Gasteiger partial charge in [0.1, 0.15) is 0 Å². The molecule has 0 aliphatic heterocycles. The van der Waals surface area contributed by atoms with E-state index in [1.807, 2.05) is 13.0 Å². The molecule has 3 rings (SSSR count). The molecule has 7 heteroatoms. The lowest BCUT2D eigenvalue weighted by molar-refractivity contribution is 0.339. The van der Waals surface area contributed by atoms with Crippen LogP contribution < -0.4 is 10.3 Å². The Morgan fingerprint density at radius 1 is 1.43 bits per heavy atom. The molecule has 0 atom stereocenters. The van der Waals surface area contributed by atoms with Crippen LogP contribution in [0.3, 0.4) is 0 Å². The van der Waals surface area contributed by atoms with Crippen LogP contribution in [0, 0.1) is 0 Å². The van der Waals surface area contributed by atoms with E-state index in [4.69, 9.17) is 16.3 Å². The number of pyridine rings is 1. The van der Waals surface area contributed by atoms with Crippen LogP contribution in [0.2, 0.25) is 5.02 Å². The van der Waals surface area contributed by atoms with E-state index in [1.54, 1.807) is 24.3 Å². The first kappa shape index (κ1) is 14.6. The van der Waals surface area contributed by atoms with E-state index in [2.05, 4.69) is 20.9 Å². The Morgan fingerprint density at radius 2 is 2.24 bits per heavy atom. The second-order valence-corrected chi connectivity index (χ2v) is 6.50. The molecule has 1 aromatic carbocycles. The zero-order chi connectivity index (χ0) is 15.0. The lowest BCUT2D eigenvalue weighted by Gasteiger charge is -2.07. The molecule has 4 nitrogen and oxygen atoms in total. The molecular weight excluding hydrogens is 376 g/mol. The van der Waals surface area contributed by atoms with Crippen LogP contribution in [-0.4, -0.2) is 16.2 Å². The first-order chi connectivity index (χ1) is 10.1. The van der Waals surface area contributed by atoms with E-state index in [-0.39, 0.29) is 5.56 Å². The van der Waals surface area contributed by atoms with Crippen LogP contribution in [-0.2, 0) is 0 Å². The third kappa shape index (κ3) is 2.71. The molecule has 2 aromatic heterocycles. The summed E-state index contributed by atoms with van der Waals surface area (Å²) in [6.45, 7) is 2.43. The Labute approximate surface area is 138 Å². The average Bonchev–Trinajstić information content (AvgIpc) is 2.82. The standard InChI is InChI=1S/C14H10BrClN2O2S/c1-2-20-14-17-12-11(21-14)7-10(15)13(19)18(12)9-5-3-4-8(16)6-9/h3-7H,2H2,1H3. The molecule has 0 saturated heterocycles. The van der Waals surface area contributed by atoms with Gasteiger partial charge in [0, 0.05) is 5.02 Å². The molecule has 0 fully saturated rings. The number of fused-ring (bicyclic) bond motifs is 1. The van der Waals surface area contributed by atoms with Crippen molar-refractivity contribution in [2.45, 2.75) is 6.92 Å². The number of aromatic nitrogens is 2. The zero-order valence-corrected chi connectivity index (χ0v) is 14.1. The van der Waals surface area contributed by atoms with E-state index < -0.39 is 0 Å². The SMILES string of the molecule is CCOc1nc2c(cc(Br)c(=O)n2-c2cccc(Cl)c2)s1. The van der Waals surface area contributed by atoms with Crippen LogP contribution in [0.4, 0.5) is 0 Å². The summed E-state index contributed by atoms with van der Waals surface area (Å²) in [6.07, 6.45) is 0. The number of ether oxygens (including phenoxy) is 1. The van der Waals surface area contributed by atoms with Crippen molar-refractivity contribution in [3.8, 4) is 10.9 Å². The Morgan fingerprint density at radius 3 is 2.95 bits per heavy atom. The highest BCUT2D eigenvalue weighted by Crippen LogP contribution is 2.30. The summed E-state index contributed by atoms with van der Waals surface area (Å²) in [5, 5.41) is 1.11. The third-order valence-electron chi connectivity index (χ3n) is 2.83. The molecule has 108 valence electrons. The van der Waals surface area contributed by atoms with Crippen molar-refractivity contribution in [1.29, 1.82) is 0 Å². The maximum atomic E-state index is 12.5. The molecule has 0 bridgehead atoms. The highest BCUT2D eigenvalue weighted by atomic mass is 79.9. The molecule has 0 aliphatic rings. The Balaban J connectivity index is 2.33. The van der Waals surface area contributed by atoms with Crippen LogP contribution in [0.5, 0.6) is 5.19 Å². The van der Waals surface area contributed by atoms with Crippen LogP contribution in [0.25, 0.3) is 16.0 Å². The van der Waals surface area contributed by atoms with Gasteiger partial charge in [-0.1, -0.05) is 29.0 Å². The summed E-state index contributed by atoms with van der Waals surface area (Å²) in [5.41, 5.74) is 1.06. The predicted molar refractivity (Wildman–Crippen MR) is 89.1 cm³/mol. The molecule has 0 N–H and O–H groups in total. The number of hydrogen-bond donors (Lipinski definition) is 0. The van der Waals surface area contributed by atoms with Gasteiger partial charge in [0.15, 0.2) is 5.65 Å². The molecular formula is C14H10BrClN2O2S.